The van der Waals surface area contributed by atoms with E-state index in [0.717, 1.165) is 37.4 Å². The Labute approximate surface area is 284 Å². The van der Waals surface area contributed by atoms with Gasteiger partial charge in [-0.3, -0.25) is 9.11 Å². The lowest BCUT2D eigenvalue weighted by Crippen LogP contribution is -2.16. The third-order valence-corrected chi connectivity index (χ3v) is 10.6. The summed E-state index contributed by atoms with van der Waals surface area (Å²) in [6.07, 6.45) is 0. The summed E-state index contributed by atoms with van der Waals surface area (Å²) in [5.74, 6) is -5.38. The van der Waals surface area contributed by atoms with Crippen molar-refractivity contribution in [2.45, 2.75) is 16.7 Å². The van der Waals surface area contributed by atoms with Crippen LogP contribution in [0.25, 0.3) is 0 Å². The predicted molar refractivity (Wildman–Crippen MR) is 168 cm³/mol. The van der Waals surface area contributed by atoms with E-state index in [9.17, 15) is 53.8 Å². The van der Waals surface area contributed by atoms with Crippen LogP contribution in [0.1, 0.15) is 15.9 Å². The van der Waals surface area contributed by atoms with Crippen LogP contribution in [0.4, 0.5) is 22.7 Å². The standard InChI is InChI=1S/C25H26N4O17S4/c1-14-11-18(20(44-2)13-21(14)48(36,37)10-8-46-50(41,42)43)27-29-23-19(30)12-17(25(32)33)22(24(23)31)28-26-15-3-5-16(6-4-15)47(34,35)9-7-45-49(38,39)40/h3-6,11-13,30-31H,7-10H2,1-2H3,(H,32,33)(H,38,39,40)(H,41,42,43). The van der Waals surface area contributed by atoms with E-state index in [1.54, 1.807) is 0 Å². The Balaban J connectivity index is 1.95. The van der Waals surface area contributed by atoms with Crippen molar-refractivity contribution >= 4 is 69.2 Å². The molecule has 3 rings (SSSR count). The highest BCUT2D eigenvalue weighted by Crippen LogP contribution is 2.47. The number of aromatic hydroxyl groups is 2. The van der Waals surface area contributed by atoms with Crippen molar-refractivity contribution in [2.75, 3.05) is 31.8 Å². The second-order valence-corrected chi connectivity index (χ2v) is 16.0. The number of aromatic carboxylic acids is 1. The van der Waals surface area contributed by atoms with Gasteiger partial charge < -0.3 is 20.1 Å². The zero-order valence-corrected chi connectivity index (χ0v) is 28.7. The first-order chi connectivity index (χ1) is 23.0. The van der Waals surface area contributed by atoms with E-state index in [-0.39, 0.29) is 32.5 Å². The van der Waals surface area contributed by atoms with Crippen LogP contribution in [-0.2, 0) is 48.8 Å². The van der Waals surface area contributed by atoms with Gasteiger partial charge >= 0.3 is 26.8 Å². The van der Waals surface area contributed by atoms with Gasteiger partial charge in [0, 0.05) is 6.07 Å². The summed E-state index contributed by atoms with van der Waals surface area (Å²) in [5.41, 5.74) is -2.26. The Hall–Kier alpha value is -4.63. The third-order valence-electron chi connectivity index (χ3n) is 6.16. The summed E-state index contributed by atoms with van der Waals surface area (Å²) in [7, 11) is -16.8. The molecule has 5 N–H and O–H groups in total. The molecule has 0 saturated carbocycles. The number of aryl methyl sites for hydroxylation is 1. The molecule has 0 saturated heterocycles. The van der Waals surface area contributed by atoms with Crippen molar-refractivity contribution in [3.63, 3.8) is 0 Å². The quantitative estimate of drug-likeness (QED) is 0.103. The first-order valence-electron chi connectivity index (χ1n) is 13.2. The molecule has 0 spiro atoms. The van der Waals surface area contributed by atoms with Crippen LogP contribution in [-0.4, -0.2) is 95.9 Å². The van der Waals surface area contributed by atoms with Crippen LogP contribution >= 0.6 is 0 Å². The Kier molecular flexibility index (Phi) is 12.3. The number of azo groups is 2. The Morgan fingerprint density at radius 1 is 0.740 bits per heavy atom. The maximum absolute atomic E-state index is 12.7. The zero-order chi connectivity index (χ0) is 37.7. The van der Waals surface area contributed by atoms with Crippen molar-refractivity contribution in [3.8, 4) is 17.2 Å². The van der Waals surface area contributed by atoms with E-state index in [0.29, 0.717) is 6.07 Å². The molecule has 0 bridgehead atoms. The average molecular weight is 783 g/mol. The number of hydrogen-bond acceptors (Lipinski definition) is 18. The van der Waals surface area contributed by atoms with Gasteiger partial charge in [0.05, 0.1) is 52.9 Å². The molecule has 0 aliphatic carbocycles. The SMILES string of the molecule is COc1cc(S(=O)(=O)CCOS(=O)(=O)O)c(C)cc1N=Nc1c(O)cc(C(=O)O)c(N=Nc2ccc(S(=O)(=O)CCOS(=O)(=O)O)cc2)c1O. The summed E-state index contributed by atoms with van der Waals surface area (Å²) in [6, 6.07) is 7.29. The fourth-order valence-corrected chi connectivity index (χ4v) is 7.13. The molecule has 50 heavy (non-hydrogen) atoms. The van der Waals surface area contributed by atoms with Gasteiger partial charge in [-0.15, -0.1) is 15.3 Å². The Morgan fingerprint density at radius 2 is 1.28 bits per heavy atom. The first kappa shape index (κ1) is 39.8. The number of rotatable bonds is 16. The smallest absolute Gasteiger partial charge is 0.397 e. The van der Waals surface area contributed by atoms with Gasteiger partial charge in [-0.2, -0.15) is 21.9 Å². The molecule has 0 unspecified atom stereocenters. The molecule has 272 valence electrons. The number of benzene rings is 3. The molecular formula is C25H26N4O17S4. The molecule has 0 aliphatic heterocycles. The zero-order valence-electron chi connectivity index (χ0n) is 25.4. The summed E-state index contributed by atoms with van der Waals surface area (Å²) in [4.78, 5) is 11.2. The lowest BCUT2D eigenvalue weighted by Gasteiger charge is -2.12. The number of phenolic OH excluding ortho intramolecular Hbond substituents is 2. The van der Waals surface area contributed by atoms with Crippen molar-refractivity contribution in [2.24, 2.45) is 20.5 Å². The van der Waals surface area contributed by atoms with Crippen LogP contribution in [0, 0.1) is 6.92 Å². The molecule has 21 nitrogen and oxygen atoms in total. The van der Waals surface area contributed by atoms with Crippen LogP contribution in [0.15, 0.2) is 72.7 Å². The molecule has 0 aliphatic rings. The van der Waals surface area contributed by atoms with Gasteiger partial charge in [-0.25, -0.2) is 30.0 Å². The Bertz CT molecular complexity index is 2290. The number of nitrogens with zero attached hydrogens (tertiary/aromatic N) is 4. The second kappa shape index (κ2) is 15.5. The minimum absolute atomic E-state index is 0.0510. The van der Waals surface area contributed by atoms with Gasteiger partial charge in [-0.1, -0.05) is 0 Å². The molecule has 0 heterocycles. The maximum Gasteiger partial charge on any atom is 0.397 e. The highest BCUT2D eigenvalue weighted by atomic mass is 32.3. The molecular weight excluding hydrogens is 757 g/mol. The maximum atomic E-state index is 12.7. The molecule has 0 radical (unpaired) electrons. The van der Waals surface area contributed by atoms with E-state index in [4.69, 9.17) is 13.8 Å². The van der Waals surface area contributed by atoms with Gasteiger partial charge in [-0.05, 0) is 48.9 Å². The summed E-state index contributed by atoms with van der Waals surface area (Å²) < 4.78 is 123. The number of carbonyl (C=O) groups is 1. The lowest BCUT2D eigenvalue weighted by molar-refractivity contribution is 0.0696. The molecule has 0 fully saturated rings. The molecule has 25 heteroatoms. The monoisotopic (exact) mass is 782 g/mol. The summed E-state index contributed by atoms with van der Waals surface area (Å²) >= 11 is 0. The van der Waals surface area contributed by atoms with E-state index < -0.39 is 99.6 Å². The minimum atomic E-state index is -4.89. The number of sulfone groups is 2. The minimum Gasteiger partial charge on any atom is -0.505 e. The highest BCUT2D eigenvalue weighted by Gasteiger charge is 2.24. The summed E-state index contributed by atoms with van der Waals surface area (Å²) in [6.45, 7) is -0.401. The fraction of sp³-hybridized carbons (Fsp3) is 0.240. The van der Waals surface area contributed by atoms with Crippen molar-refractivity contribution in [3.05, 3.63) is 53.6 Å². The second-order valence-electron chi connectivity index (χ2n) is 9.61. The first-order valence-corrected chi connectivity index (χ1v) is 19.2. The van der Waals surface area contributed by atoms with E-state index >= 15 is 0 Å². The Morgan fingerprint density at radius 3 is 1.80 bits per heavy atom. The predicted octanol–water partition coefficient (Wildman–Crippen LogP) is 3.13. The van der Waals surface area contributed by atoms with Crippen LogP contribution in [0.2, 0.25) is 0 Å². The normalized spacial score (nSPS) is 12.9. The largest absolute Gasteiger partial charge is 0.505 e. The van der Waals surface area contributed by atoms with Gasteiger partial charge in [0.25, 0.3) is 0 Å². The number of carboxylic acids is 1. The number of carboxylic acid groups (broad SMARTS) is 1. The van der Waals surface area contributed by atoms with E-state index in [1.165, 1.54) is 13.0 Å². The fourth-order valence-electron chi connectivity index (χ4n) is 3.89. The lowest BCUT2D eigenvalue weighted by atomic mass is 10.1. The average Bonchev–Trinajstić information content (AvgIpc) is 2.98. The third kappa shape index (κ3) is 10.7. The van der Waals surface area contributed by atoms with Gasteiger partial charge in [0.2, 0.25) is 0 Å². The number of ether oxygens (including phenoxy) is 1. The number of phenols is 2. The molecule has 0 aromatic heterocycles. The molecule has 3 aromatic rings. The van der Waals surface area contributed by atoms with Crippen molar-refractivity contribution in [1.82, 2.24) is 0 Å². The number of methoxy groups -OCH3 is 1. The molecule has 0 atom stereocenters. The highest BCUT2D eigenvalue weighted by molar-refractivity contribution is 7.91. The van der Waals surface area contributed by atoms with E-state index in [2.05, 4.69) is 28.8 Å². The topological polar surface area (TPSA) is 332 Å². The van der Waals surface area contributed by atoms with Crippen LogP contribution in [0.5, 0.6) is 17.2 Å². The van der Waals surface area contributed by atoms with Gasteiger partial charge in [0.1, 0.15) is 22.9 Å². The van der Waals surface area contributed by atoms with Crippen molar-refractivity contribution in [1.29, 1.82) is 0 Å². The van der Waals surface area contributed by atoms with Gasteiger partial charge in [0.15, 0.2) is 31.1 Å². The van der Waals surface area contributed by atoms with Crippen molar-refractivity contribution < 1.29 is 76.0 Å². The molecule has 0 amide bonds. The molecule has 3 aromatic carbocycles. The number of hydrogen-bond donors (Lipinski definition) is 5. The summed E-state index contributed by atoms with van der Waals surface area (Å²) in [5, 5.41) is 46.0. The van der Waals surface area contributed by atoms with E-state index in [1.807, 2.05) is 0 Å². The van der Waals surface area contributed by atoms with Crippen LogP contribution < -0.4 is 4.74 Å². The van der Waals surface area contributed by atoms with Crippen LogP contribution in [0.3, 0.4) is 0 Å².